The second-order valence-corrected chi connectivity index (χ2v) is 10.2. The highest BCUT2D eigenvalue weighted by molar-refractivity contribution is 6.21. The third-order valence-corrected chi connectivity index (χ3v) is 7.98. The summed E-state index contributed by atoms with van der Waals surface area (Å²) in [6, 6.07) is 44.6. The lowest BCUT2D eigenvalue weighted by Crippen LogP contribution is -2.14. The van der Waals surface area contributed by atoms with E-state index >= 15 is 0 Å². The van der Waals surface area contributed by atoms with Crippen molar-refractivity contribution < 1.29 is 0 Å². The van der Waals surface area contributed by atoms with Gasteiger partial charge in [-0.2, -0.15) is 5.26 Å². The summed E-state index contributed by atoms with van der Waals surface area (Å²) in [6.45, 7) is 0. The van der Waals surface area contributed by atoms with Crippen LogP contribution < -0.4 is 5.56 Å². The zero-order valence-electron chi connectivity index (χ0n) is 21.9. The molecule has 6 aromatic carbocycles. The maximum absolute atomic E-state index is 14.4. The molecule has 2 aromatic heterocycles. The Labute approximate surface area is 235 Å². The number of pyridine rings is 1. The summed E-state index contributed by atoms with van der Waals surface area (Å²) < 4.78 is 1.76. The van der Waals surface area contributed by atoms with Crippen LogP contribution in [0.25, 0.3) is 71.6 Å². The van der Waals surface area contributed by atoms with Gasteiger partial charge in [0, 0.05) is 27.1 Å². The molecular formula is C37H21N3O. The summed E-state index contributed by atoms with van der Waals surface area (Å²) in [5, 5.41) is 13.1. The number of hydrogen-bond donors (Lipinski definition) is 0. The Hall–Kier alpha value is -5.79. The molecule has 0 radical (unpaired) electrons. The molecule has 0 amide bonds. The van der Waals surface area contributed by atoms with Gasteiger partial charge in [0.15, 0.2) is 0 Å². The van der Waals surface area contributed by atoms with E-state index in [0.29, 0.717) is 16.6 Å². The summed E-state index contributed by atoms with van der Waals surface area (Å²) in [5.74, 6) is 0. The molecule has 0 saturated heterocycles. The number of imidazole rings is 1. The molecule has 0 saturated carbocycles. The predicted molar refractivity (Wildman–Crippen MR) is 166 cm³/mol. The van der Waals surface area contributed by atoms with Gasteiger partial charge in [-0.25, -0.2) is 4.98 Å². The first kappa shape index (κ1) is 23.1. The van der Waals surface area contributed by atoms with Crippen molar-refractivity contribution in [1.29, 1.82) is 5.26 Å². The third-order valence-electron chi connectivity index (χ3n) is 7.98. The number of fused-ring (bicyclic) bond motifs is 4. The molecule has 4 nitrogen and oxygen atoms in total. The minimum atomic E-state index is -0.139. The molecule has 2 heterocycles. The number of hydrogen-bond acceptors (Lipinski definition) is 3. The minimum Gasteiger partial charge on any atom is -0.268 e. The van der Waals surface area contributed by atoms with E-state index in [1.165, 1.54) is 0 Å². The maximum atomic E-state index is 14.4. The van der Waals surface area contributed by atoms with Gasteiger partial charge in [0.05, 0.1) is 22.7 Å². The van der Waals surface area contributed by atoms with Gasteiger partial charge < -0.3 is 0 Å². The van der Waals surface area contributed by atoms with E-state index in [2.05, 4.69) is 42.5 Å². The van der Waals surface area contributed by atoms with Gasteiger partial charge in [-0.15, -0.1) is 0 Å². The monoisotopic (exact) mass is 523 g/mol. The van der Waals surface area contributed by atoms with Crippen molar-refractivity contribution in [2.24, 2.45) is 0 Å². The van der Waals surface area contributed by atoms with Crippen molar-refractivity contribution in [2.45, 2.75) is 0 Å². The Kier molecular flexibility index (Phi) is 5.01. The molecule has 0 aliphatic carbocycles. The van der Waals surface area contributed by atoms with E-state index in [4.69, 9.17) is 4.98 Å². The smallest absolute Gasteiger partial charge is 0.264 e. The van der Waals surface area contributed by atoms with Gasteiger partial charge in [-0.05, 0) is 58.1 Å². The predicted octanol–water partition coefficient (Wildman–Crippen LogP) is 8.46. The maximum Gasteiger partial charge on any atom is 0.264 e. The van der Waals surface area contributed by atoms with E-state index < -0.39 is 0 Å². The number of aromatic nitrogens is 2. The Balaban J connectivity index is 1.56. The van der Waals surface area contributed by atoms with E-state index in [1.807, 2.05) is 78.9 Å². The van der Waals surface area contributed by atoms with Crippen LogP contribution in [0.5, 0.6) is 0 Å². The molecule has 0 aliphatic heterocycles. The second kappa shape index (κ2) is 8.87. The molecule has 0 bridgehead atoms. The molecule has 0 aliphatic rings. The normalized spacial score (nSPS) is 11.5. The standard InChI is InChI=1S/C37H21N3O/c38-22-26-16-17-30-34-29(19-18-28(33(26)34)24-12-6-2-7-13-24)36-39-32-21-27(23-10-4-1-5-11-23)20-31(25-14-8-3-9-15-25)35(32)40(36)37(30)41/h1-21H. The van der Waals surface area contributed by atoms with Gasteiger partial charge in [-0.3, -0.25) is 9.20 Å². The molecule has 0 fully saturated rings. The van der Waals surface area contributed by atoms with E-state index in [9.17, 15) is 10.1 Å². The van der Waals surface area contributed by atoms with Gasteiger partial charge in [-0.1, -0.05) is 97.1 Å². The Morgan fingerprint density at radius 1 is 0.585 bits per heavy atom. The summed E-state index contributed by atoms with van der Waals surface area (Å²) in [7, 11) is 0. The lowest BCUT2D eigenvalue weighted by Gasteiger charge is -2.14. The van der Waals surface area contributed by atoms with Crippen LogP contribution >= 0.6 is 0 Å². The Morgan fingerprint density at radius 3 is 1.85 bits per heavy atom. The van der Waals surface area contributed by atoms with Crippen LogP contribution in [-0.2, 0) is 0 Å². The minimum absolute atomic E-state index is 0.139. The molecule has 0 unspecified atom stereocenters. The topological polar surface area (TPSA) is 58.2 Å². The van der Waals surface area contributed by atoms with Gasteiger partial charge in [0.25, 0.3) is 5.56 Å². The average molecular weight is 524 g/mol. The first-order chi connectivity index (χ1) is 20.2. The molecule has 41 heavy (non-hydrogen) atoms. The van der Waals surface area contributed by atoms with Crippen LogP contribution in [0.2, 0.25) is 0 Å². The summed E-state index contributed by atoms with van der Waals surface area (Å²) in [6.07, 6.45) is 0. The van der Waals surface area contributed by atoms with Crippen molar-refractivity contribution in [3.8, 4) is 39.4 Å². The first-order valence-corrected chi connectivity index (χ1v) is 13.5. The Bertz CT molecular complexity index is 2370. The number of benzene rings is 6. The molecule has 0 N–H and O–H groups in total. The highest BCUT2D eigenvalue weighted by Gasteiger charge is 2.22. The molecular weight excluding hydrogens is 502 g/mol. The van der Waals surface area contributed by atoms with Crippen molar-refractivity contribution in [2.75, 3.05) is 0 Å². The number of nitrogens with zero attached hydrogens (tertiary/aromatic N) is 3. The molecule has 190 valence electrons. The quantitative estimate of drug-likeness (QED) is 0.233. The zero-order chi connectivity index (χ0) is 27.5. The summed E-state index contributed by atoms with van der Waals surface area (Å²) in [5.41, 5.74) is 8.54. The van der Waals surface area contributed by atoms with Gasteiger partial charge >= 0.3 is 0 Å². The molecule has 0 atom stereocenters. The molecule has 8 rings (SSSR count). The zero-order valence-corrected chi connectivity index (χ0v) is 21.9. The fourth-order valence-electron chi connectivity index (χ4n) is 6.15. The van der Waals surface area contributed by atoms with Crippen LogP contribution in [0.1, 0.15) is 5.56 Å². The fourth-order valence-corrected chi connectivity index (χ4v) is 6.15. The largest absolute Gasteiger partial charge is 0.268 e. The van der Waals surface area contributed by atoms with E-state index in [0.717, 1.165) is 60.6 Å². The van der Waals surface area contributed by atoms with Crippen LogP contribution in [0.15, 0.2) is 132 Å². The van der Waals surface area contributed by atoms with Crippen molar-refractivity contribution >= 4 is 38.2 Å². The number of nitriles is 1. The van der Waals surface area contributed by atoms with E-state index in [-0.39, 0.29) is 5.56 Å². The van der Waals surface area contributed by atoms with Crippen LogP contribution in [0.4, 0.5) is 0 Å². The van der Waals surface area contributed by atoms with Crippen LogP contribution in [0, 0.1) is 11.3 Å². The fraction of sp³-hybridized carbons (Fsp3) is 0. The molecule has 8 aromatic rings. The molecule has 0 spiro atoms. The van der Waals surface area contributed by atoms with Gasteiger partial charge in [0.1, 0.15) is 5.65 Å². The summed E-state index contributed by atoms with van der Waals surface area (Å²) in [4.78, 5) is 19.5. The highest BCUT2D eigenvalue weighted by atomic mass is 16.1. The highest BCUT2D eigenvalue weighted by Crippen LogP contribution is 2.40. The average Bonchev–Trinajstić information content (AvgIpc) is 3.44. The summed E-state index contributed by atoms with van der Waals surface area (Å²) >= 11 is 0. The number of rotatable bonds is 3. The molecule has 4 heteroatoms. The van der Waals surface area contributed by atoms with Crippen LogP contribution in [-0.4, -0.2) is 9.38 Å². The third kappa shape index (κ3) is 3.40. The Morgan fingerprint density at radius 2 is 1.20 bits per heavy atom. The SMILES string of the molecule is N#Cc1ccc2c(=O)n3c(nc4cc(-c5ccccc5)cc(-c5ccccc5)c43)c3ccc(-c4ccccc4)c1c23. The van der Waals surface area contributed by atoms with Crippen molar-refractivity contribution in [1.82, 2.24) is 9.38 Å². The van der Waals surface area contributed by atoms with Gasteiger partial charge in [0.2, 0.25) is 0 Å². The first-order valence-electron chi connectivity index (χ1n) is 13.5. The van der Waals surface area contributed by atoms with E-state index in [1.54, 1.807) is 16.5 Å². The lowest BCUT2D eigenvalue weighted by atomic mass is 9.91. The van der Waals surface area contributed by atoms with Crippen molar-refractivity contribution in [3.63, 3.8) is 0 Å². The van der Waals surface area contributed by atoms with Crippen LogP contribution in [0.3, 0.4) is 0 Å². The second-order valence-electron chi connectivity index (χ2n) is 10.2. The van der Waals surface area contributed by atoms with Crippen molar-refractivity contribution in [3.05, 3.63) is 143 Å². The lowest BCUT2D eigenvalue weighted by molar-refractivity contribution is 1.19.